The summed E-state index contributed by atoms with van der Waals surface area (Å²) < 4.78 is 36.9. The number of ether oxygens (including phenoxy) is 1. The van der Waals surface area contributed by atoms with Crippen LogP contribution in [0.2, 0.25) is 0 Å². The van der Waals surface area contributed by atoms with Gasteiger partial charge in [-0.15, -0.1) is 0 Å². The highest BCUT2D eigenvalue weighted by Crippen LogP contribution is 2.69. The van der Waals surface area contributed by atoms with E-state index in [4.69, 9.17) is 4.74 Å². The molecule has 0 bridgehead atoms. The van der Waals surface area contributed by atoms with Gasteiger partial charge in [0.15, 0.2) is 17.2 Å². The third kappa shape index (κ3) is 2.70. The fourth-order valence-electron chi connectivity index (χ4n) is 7.00. The van der Waals surface area contributed by atoms with E-state index in [-0.39, 0.29) is 42.5 Å². The zero-order valence-corrected chi connectivity index (χ0v) is 17.5. The molecule has 0 radical (unpaired) electrons. The summed E-state index contributed by atoms with van der Waals surface area (Å²) in [6.07, 6.45) is 1.90. The van der Waals surface area contributed by atoms with Gasteiger partial charge in [-0.3, -0.25) is 14.4 Å². The highest BCUT2D eigenvalue weighted by Gasteiger charge is 2.72. The SMILES string of the molecule is CC(=O)OCC(=O)C1CCC2[C@@H]3C[C@H](F)C4=CC(=O)C=C[C@]4(C)[C@@]3(F)[C@@H](O)C[C@]12C. The molecule has 3 saturated carbocycles. The quantitative estimate of drug-likeness (QED) is 0.707. The van der Waals surface area contributed by atoms with E-state index in [1.807, 2.05) is 6.92 Å². The first-order valence-corrected chi connectivity index (χ1v) is 10.6. The van der Waals surface area contributed by atoms with Gasteiger partial charge in [0.2, 0.25) is 0 Å². The Morgan fingerprint density at radius 1 is 1.27 bits per heavy atom. The van der Waals surface area contributed by atoms with Crippen LogP contribution in [0.3, 0.4) is 0 Å². The van der Waals surface area contributed by atoms with Crippen LogP contribution in [0, 0.1) is 28.6 Å². The number of esters is 1. The van der Waals surface area contributed by atoms with Gasteiger partial charge < -0.3 is 9.84 Å². The number of fused-ring (bicyclic) bond motifs is 5. The summed E-state index contributed by atoms with van der Waals surface area (Å²) in [5.41, 5.74) is -4.15. The molecule has 2 unspecified atom stereocenters. The van der Waals surface area contributed by atoms with Gasteiger partial charge >= 0.3 is 5.97 Å². The lowest BCUT2D eigenvalue weighted by Crippen LogP contribution is -2.68. The second kappa shape index (κ2) is 6.81. The number of ketones is 2. The first-order valence-electron chi connectivity index (χ1n) is 10.6. The average Bonchev–Trinajstić information content (AvgIpc) is 3.00. The molecule has 4 aliphatic rings. The number of hydrogen-bond acceptors (Lipinski definition) is 5. The van der Waals surface area contributed by atoms with E-state index in [1.165, 1.54) is 25.2 Å². The summed E-state index contributed by atoms with van der Waals surface area (Å²) in [7, 11) is 0. The van der Waals surface area contributed by atoms with Gasteiger partial charge in [-0.2, -0.15) is 0 Å². The van der Waals surface area contributed by atoms with Gasteiger partial charge in [0.25, 0.3) is 0 Å². The minimum Gasteiger partial charge on any atom is -0.458 e. The Hall–Kier alpha value is -1.89. The molecule has 30 heavy (non-hydrogen) atoms. The van der Waals surface area contributed by atoms with Crippen LogP contribution in [0.4, 0.5) is 8.78 Å². The Labute approximate surface area is 174 Å². The molecular formula is C23H28F2O5. The van der Waals surface area contributed by atoms with Crippen molar-refractivity contribution in [3.05, 3.63) is 23.8 Å². The van der Waals surface area contributed by atoms with E-state index < -0.39 is 46.6 Å². The Bertz CT molecular complexity index is 866. The number of Topliss-reactive ketones (excluding diaryl/α,β-unsaturated/α-hetero) is 1. The molecule has 0 amide bonds. The smallest absolute Gasteiger partial charge is 0.303 e. The van der Waals surface area contributed by atoms with Crippen LogP contribution in [0.15, 0.2) is 23.8 Å². The van der Waals surface area contributed by atoms with Crippen LogP contribution in [0.25, 0.3) is 0 Å². The van der Waals surface area contributed by atoms with Crippen molar-refractivity contribution in [2.75, 3.05) is 6.61 Å². The van der Waals surface area contributed by atoms with Crippen LogP contribution in [-0.2, 0) is 19.1 Å². The highest BCUT2D eigenvalue weighted by molar-refractivity contribution is 6.01. The van der Waals surface area contributed by atoms with Crippen molar-refractivity contribution in [1.29, 1.82) is 0 Å². The number of carbonyl (C=O) groups is 3. The molecule has 4 rings (SSSR count). The molecule has 1 N–H and O–H groups in total. The lowest BCUT2D eigenvalue weighted by Gasteiger charge is -2.62. The van der Waals surface area contributed by atoms with Crippen molar-refractivity contribution >= 4 is 17.5 Å². The molecule has 0 aromatic heterocycles. The number of aliphatic hydroxyl groups is 1. The first kappa shape index (κ1) is 21.3. The zero-order valence-electron chi connectivity index (χ0n) is 17.5. The maximum Gasteiger partial charge on any atom is 0.303 e. The third-order valence-electron chi connectivity index (χ3n) is 8.43. The van der Waals surface area contributed by atoms with E-state index in [0.29, 0.717) is 12.8 Å². The van der Waals surface area contributed by atoms with Gasteiger partial charge in [-0.1, -0.05) is 13.0 Å². The van der Waals surface area contributed by atoms with E-state index >= 15 is 8.78 Å². The average molecular weight is 422 g/mol. The van der Waals surface area contributed by atoms with Crippen LogP contribution < -0.4 is 0 Å². The van der Waals surface area contributed by atoms with Crippen LogP contribution >= 0.6 is 0 Å². The van der Waals surface area contributed by atoms with E-state index in [2.05, 4.69) is 0 Å². The lowest BCUT2D eigenvalue weighted by molar-refractivity contribution is -0.202. The van der Waals surface area contributed by atoms with Gasteiger partial charge in [-0.25, -0.2) is 8.78 Å². The van der Waals surface area contributed by atoms with E-state index in [0.717, 1.165) is 0 Å². The molecular weight excluding hydrogens is 394 g/mol. The monoisotopic (exact) mass is 422 g/mol. The molecule has 0 aromatic rings. The summed E-state index contributed by atoms with van der Waals surface area (Å²) >= 11 is 0. The van der Waals surface area contributed by atoms with Gasteiger partial charge in [-0.05, 0) is 61.7 Å². The van der Waals surface area contributed by atoms with Crippen molar-refractivity contribution in [1.82, 2.24) is 0 Å². The summed E-state index contributed by atoms with van der Waals surface area (Å²) in [6.45, 7) is 4.31. The predicted molar refractivity (Wildman–Crippen MR) is 104 cm³/mol. The molecule has 0 spiro atoms. The summed E-state index contributed by atoms with van der Waals surface area (Å²) in [6, 6.07) is 0. The highest BCUT2D eigenvalue weighted by atomic mass is 19.1. The molecule has 0 saturated heterocycles. The number of halogens is 2. The van der Waals surface area contributed by atoms with Crippen LogP contribution in [0.5, 0.6) is 0 Å². The Morgan fingerprint density at radius 3 is 2.63 bits per heavy atom. The second-order valence-corrected chi connectivity index (χ2v) is 9.82. The van der Waals surface area contributed by atoms with E-state index in [1.54, 1.807) is 6.92 Å². The van der Waals surface area contributed by atoms with Crippen molar-refractivity contribution in [3.63, 3.8) is 0 Å². The molecule has 0 heterocycles. The summed E-state index contributed by atoms with van der Waals surface area (Å²) in [5, 5.41) is 11.1. The Balaban J connectivity index is 1.71. The number of hydrogen-bond donors (Lipinski definition) is 1. The third-order valence-corrected chi connectivity index (χ3v) is 8.43. The molecule has 0 aromatic carbocycles. The van der Waals surface area contributed by atoms with E-state index in [9.17, 15) is 19.5 Å². The summed E-state index contributed by atoms with van der Waals surface area (Å²) in [4.78, 5) is 35.7. The first-order chi connectivity index (χ1) is 13.9. The zero-order chi connectivity index (χ0) is 22.1. The largest absolute Gasteiger partial charge is 0.458 e. The minimum absolute atomic E-state index is 0.0583. The van der Waals surface area contributed by atoms with Gasteiger partial charge in [0, 0.05) is 24.2 Å². The van der Waals surface area contributed by atoms with Gasteiger partial charge in [0.1, 0.15) is 12.8 Å². The topological polar surface area (TPSA) is 80.7 Å². The number of carbonyl (C=O) groups excluding carboxylic acids is 3. The molecule has 0 aliphatic heterocycles. The summed E-state index contributed by atoms with van der Waals surface area (Å²) in [5.74, 6) is -2.72. The number of allylic oxidation sites excluding steroid dienone is 4. The second-order valence-electron chi connectivity index (χ2n) is 9.82. The molecule has 4 aliphatic carbocycles. The lowest BCUT2D eigenvalue weighted by atomic mass is 9.45. The fourth-order valence-corrected chi connectivity index (χ4v) is 7.00. The Morgan fingerprint density at radius 2 is 1.97 bits per heavy atom. The molecule has 3 fully saturated rings. The van der Waals surface area contributed by atoms with Crippen LogP contribution in [0.1, 0.15) is 46.5 Å². The van der Waals surface area contributed by atoms with Crippen LogP contribution in [-0.4, -0.2) is 47.2 Å². The molecule has 164 valence electrons. The predicted octanol–water partition coefficient (Wildman–Crippen LogP) is 3.05. The van der Waals surface area contributed by atoms with Crippen molar-refractivity contribution in [3.8, 4) is 0 Å². The maximum atomic E-state index is 16.8. The normalized spacial score (nSPS) is 47.1. The standard InChI is InChI=1S/C23H28F2O5/c1-12(26)30-11-19(28)15-5-4-14-16-9-18(24)17-8-13(27)6-7-22(17,3)23(16,25)20(29)10-21(14,15)2/h6-8,14-16,18,20,29H,4-5,9-11H2,1-3H3/t14?,15?,16-,18-,20-,21-,22-,23-/m0/s1. The molecule has 5 nitrogen and oxygen atoms in total. The van der Waals surface area contributed by atoms with Crippen molar-refractivity contribution in [2.24, 2.45) is 28.6 Å². The number of aliphatic hydroxyl groups excluding tert-OH is 1. The molecule has 7 heteroatoms. The number of rotatable bonds is 3. The molecule has 8 atom stereocenters. The van der Waals surface area contributed by atoms with Gasteiger partial charge in [0.05, 0.1) is 6.10 Å². The maximum absolute atomic E-state index is 16.8. The fraction of sp³-hybridized carbons (Fsp3) is 0.696. The van der Waals surface area contributed by atoms with Crippen molar-refractivity contribution < 1.29 is 33.0 Å². The van der Waals surface area contributed by atoms with Crippen molar-refractivity contribution in [2.45, 2.75) is 64.4 Å². The number of alkyl halides is 2. The Kier molecular flexibility index (Phi) is 4.84. The minimum atomic E-state index is -2.13.